The number of oxime groups is 1. The van der Waals surface area contributed by atoms with E-state index in [9.17, 15) is 4.79 Å². The van der Waals surface area contributed by atoms with E-state index in [1.54, 1.807) is 12.1 Å². The molecule has 19 heavy (non-hydrogen) atoms. The molecule has 1 amide bonds. The van der Waals surface area contributed by atoms with Crippen molar-refractivity contribution in [2.24, 2.45) is 22.7 Å². The SMILES string of the molecule is CC1CN(C(=O)c2ccc(C(N)=NO)cn2)CC1C. The highest BCUT2D eigenvalue weighted by molar-refractivity contribution is 5.98. The average molecular weight is 262 g/mol. The normalized spacial score (nSPS) is 23.7. The minimum Gasteiger partial charge on any atom is -0.409 e. The molecule has 0 radical (unpaired) electrons. The summed E-state index contributed by atoms with van der Waals surface area (Å²) < 4.78 is 0. The monoisotopic (exact) mass is 262 g/mol. The van der Waals surface area contributed by atoms with Crippen LogP contribution in [0.2, 0.25) is 0 Å². The number of aromatic nitrogens is 1. The van der Waals surface area contributed by atoms with Crippen LogP contribution in [0.3, 0.4) is 0 Å². The maximum Gasteiger partial charge on any atom is 0.272 e. The summed E-state index contributed by atoms with van der Waals surface area (Å²) in [6.45, 7) is 5.83. The molecule has 102 valence electrons. The number of likely N-dealkylation sites (tertiary alicyclic amines) is 1. The van der Waals surface area contributed by atoms with Gasteiger partial charge in [-0.25, -0.2) is 0 Å². The highest BCUT2D eigenvalue weighted by atomic mass is 16.4. The Bertz CT molecular complexity index is 488. The molecule has 1 aromatic rings. The van der Waals surface area contributed by atoms with E-state index >= 15 is 0 Å². The van der Waals surface area contributed by atoms with Crippen LogP contribution in [-0.2, 0) is 0 Å². The molecule has 0 bridgehead atoms. The standard InChI is InChI=1S/C13H18N4O2/c1-8-6-17(7-9(8)2)13(18)11-4-3-10(5-15-11)12(14)16-19/h3-5,8-9,19H,6-7H2,1-2H3,(H2,14,16). The number of amidine groups is 1. The van der Waals surface area contributed by atoms with Crippen LogP contribution < -0.4 is 5.73 Å². The van der Waals surface area contributed by atoms with E-state index in [0.717, 1.165) is 13.1 Å². The number of pyridine rings is 1. The molecule has 6 nitrogen and oxygen atoms in total. The highest BCUT2D eigenvalue weighted by Gasteiger charge is 2.30. The fourth-order valence-corrected chi connectivity index (χ4v) is 2.19. The Morgan fingerprint density at radius 2 is 2.05 bits per heavy atom. The molecule has 1 aliphatic heterocycles. The number of nitrogens with two attached hydrogens (primary N) is 1. The molecule has 0 saturated carbocycles. The quantitative estimate of drug-likeness (QED) is 0.358. The number of carbonyl (C=O) groups is 1. The Morgan fingerprint density at radius 1 is 1.42 bits per heavy atom. The Hall–Kier alpha value is -2.11. The summed E-state index contributed by atoms with van der Waals surface area (Å²) in [5.41, 5.74) is 6.32. The van der Waals surface area contributed by atoms with Crippen molar-refractivity contribution in [1.29, 1.82) is 0 Å². The topological polar surface area (TPSA) is 91.8 Å². The van der Waals surface area contributed by atoms with Gasteiger partial charge in [-0.05, 0) is 24.0 Å². The fourth-order valence-electron chi connectivity index (χ4n) is 2.19. The number of nitrogens with zero attached hydrogens (tertiary/aromatic N) is 3. The van der Waals surface area contributed by atoms with Crippen LogP contribution in [0.15, 0.2) is 23.5 Å². The molecule has 1 aliphatic rings. The molecule has 1 aromatic heterocycles. The summed E-state index contributed by atoms with van der Waals surface area (Å²) in [4.78, 5) is 18.1. The summed E-state index contributed by atoms with van der Waals surface area (Å²) in [6.07, 6.45) is 1.44. The largest absolute Gasteiger partial charge is 0.409 e. The van der Waals surface area contributed by atoms with Crippen LogP contribution in [0.25, 0.3) is 0 Å². The fraction of sp³-hybridized carbons (Fsp3) is 0.462. The van der Waals surface area contributed by atoms with Crippen molar-refractivity contribution in [2.45, 2.75) is 13.8 Å². The minimum absolute atomic E-state index is 0.0186. The number of amides is 1. The van der Waals surface area contributed by atoms with Crippen LogP contribution in [0.5, 0.6) is 0 Å². The van der Waals surface area contributed by atoms with E-state index in [4.69, 9.17) is 10.9 Å². The van der Waals surface area contributed by atoms with Crippen LogP contribution in [0.4, 0.5) is 0 Å². The van der Waals surface area contributed by atoms with Gasteiger partial charge in [-0.2, -0.15) is 0 Å². The van der Waals surface area contributed by atoms with Crippen LogP contribution in [-0.4, -0.2) is 39.9 Å². The number of hydrogen-bond acceptors (Lipinski definition) is 4. The van der Waals surface area contributed by atoms with Gasteiger partial charge in [0, 0.05) is 24.8 Å². The van der Waals surface area contributed by atoms with E-state index in [0.29, 0.717) is 23.1 Å². The minimum atomic E-state index is -0.0674. The first-order chi connectivity index (χ1) is 9.02. The zero-order chi connectivity index (χ0) is 14.0. The van der Waals surface area contributed by atoms with Gasteiger partial charge in [-0.3, -0.25) is 9.78 Å². The molecule has 2 rings (SSSR count). The molecule has 1 fully saturated rings. The van der Waals surface area contributed by atoms with Gasteiger partial charge in [0.05, 0.1) is 0 Å². The van der Waals surface area contributed by atoms with Crippen molar-refractivity contribution in [3.63, 3.8) is 0 Å². The van der Waals surface area contributed by atoms with E-state index in [-0.39, 0.29) is 11.7 Å². The zero-order valence-corrected chi connectivity index (χ0v) is 11.1. The van der Waals surface area contributed by atoms with Crippen molar-refractivity contribution in [3.8, 4) is 0 Å². The van der Waals surface area contributed by atoms with Crippen molar-refractivity contribution in [3.05, 3.63) is 29.6 Å². The lowest BCUT2D eigenvalue weighted by molar-refractivity contribution is 0.0779. The highest BCUT2D eigenvalue weighted by Crippen LogP contribution is 2.23. The number of hydrogen-bond donors (Lipinski definition) is 2. The Balaban J connectivity index is 2.12. The first-order valence-corrected chi connectivity index (χ1v) is 6.26. The molecule has 0 spiro atoms. The smallest absolute Gasteiger partial charge is 0.272 e. The molecule has 6 heteroatoms. The van der Waals surface area contributed by atoms with E-state index in [1.807, 2.05) is 4.90 Å². The maximum atomic E-state index is 12.2. The summed E-state index contributed by atoms with van der Waals surface area (Å²) in [5, 5.41) is 11.4. The van der Waals surface area contributed by atoms with Gasteiger partial charge in [0.1, 0.15) is 5.69 Å². The van der Waals surface area contributed by atoms with Gasteiger partial charge in [-0.15, -0.1) is 0 Å². The first-order valence-electron chi connectivity index (χ1n) is 6.26. The molecule has 2 atom stereocenters. The van der Waals surface area contributed by atoms with Gasteiger partial charge in [0.15, 0.2) is 5.84 Å². The van der Waals surface area contributed by atoms with E-state index in [2.05, 4.69) is 24.0 Å². The lowest BCUT2D eigenvalue weighted by Crippen LogP contribution is -2.29. The van der Waals surface area contributed by atoms with Gasteiger partial charge in [0.25, 0.3) is 5.91 Å². The second-order valence-electron chi connectivity index (χ2n) is 5.08. The summed E-state index contributed by atoms with van der Waals surface area (Å²) in [5.74, 6) is 0.943. The van der Waals surface area contributed by atoms with Gasteiger partial charge in [0.2, 0.25) is 0 Å². The Labute approximate surface area is 111 Å². The molecule has 0 aliphatic carbocycles. The summed E-state index contributed by atoms with van der Waals surface area (Å²) in [7, 11) is 0. The Kier molecular flexibility index (Phi) is 3.69. The third-order valence-corrected chi connectivity index (χ3v) is 3.66. The zero-order valence-electron chi connectivity index (χ0n) is 11.1. The third-order valence-electron chi connectivity index (χ3n) is 3.66. The molecule has 1 saturated heterocycles. The average Bonchev–Trinajstić information content (AvgIpc) is 2.77. The second-order valence-corrected chi connectivity index (χ2v) is 5.08. The van der Waals surface area contributed by atoms with Gasteiger partial charge < -0.3 is 15.8 Å². The molecule has 3 N–H and O–H groups in total. The van der Waals surface area contributed by atoms with Crippen molar-refractivity contribution in [1.82, 2.24) is 9.88 Å². The van der Waals surface area contributed by atoms with Crippen LogP contribution in [0, 0.1) is 11.8 Å². The van der Waals surface area contributed by atoms with Gasteiger partial charge in [-0.1, -0.05) is 19.0 Å². The predicted molar refractivity (Wildman–Crippen MR) is 71.0 cm³/mol. The molecular weight excluding hydrogens is 244 g/mol. The van der Waals surface area contributed by atoms with E-state index < -0.39 is 0 Å². The van der Waals surface area contributed by atoms with Crippen LogP contribution in [0.1, 0.15) is 29.9 Å². The molecular formula is C13H18N4O2. The van der Waals surface area contributed by atoms with Crippen LogP contribution >= 0.6 is 0 Å². The van der Waals surface area contributed by atoms with Crippen molar-refractivity contribution in [2.75, 3.05) is 13.1 Å². The first kappa shape index (κ1) is 13.3. The molecule has 0 aromatic carbocycles. The summed E-state index contributed by atoms with van der Waals surface area (Å²) >= 11 is 0. The number of carbonyl (C=O) groups excluding carboxylic acids is 1. The van der Waals surface area contributed by atoms with Crippen molar-refractivity contribution >= 4 is 11.7 Å². The second kappa shape index (κ2) is 5.26. The number of rotatable bonds is 2. The lowest BCUT2D eigenvalue weighted by atomic mass is 10.0. The van der Waals surface area contributed by atoms with E-state index in [1.165, 1.54) is 6.20 Å². The third kappa shape index (κ3) is 2.67. The predicted octanol–water partition coefficient (Wildman–Crippen LogP) is 0.904. The molecule has 2 heterocycles. The Morgan fingerprint density at radius 3 is 2.53 bits per heavy atom. The van der Waals surface area contributed by atoms with Crippen molar-refractivity contribution < 1.29 is 10.0 Å². The lowest BCUT2D eigenvalue weighted by Gasteiger charge is -2.15. The maximum absolute atomic E-state index is 12.2. The molecule has 2 unspecified atom stereocenters. The van der Waals surface area contributed by atoms with Gasteiger partial charge >= 0.3 is 0 Å². The summed E-state index contributed by atoms with van der Waals surface area (Å²) in [6, 6.07) is 3.22.